The van der Waals surface area contributed by atoms with E-state index >= 15 is 17.6 Å². The lowest BCUT2D eigenvalue weighted by atomic mass is 10.00. The Morgan fingerprint density at radius 3 is 0.917 bits per heavy atom. The van der Waals surface area contributed by atoms with Crippen LogP contribution >= 0.6 is 0 Å². The van der Waals surface area contributed by atoms with Gasteiger partial charge in [-0.3, -0.25) is 0 Å². The van der Waals surface area contributed by atoms with Crippen molar-refractivity contribution in [3.05, 3.63) is 91.3 Å². The lowest BCUT2D eigenvalue weighted by molar-refractivity contribution is 0.410. The van der Waals surface area contributed by atoms with Gasteiger partial charge >= 0.3 is 0 Å². The van der Waals surface area contributed by atoms with Crippen LogP contribution in [0.15, 0.2) is 11.1 Å². The molecule has 0 atom stereocenters. The molecule has 7 rings (SSSR count). The van der Waals surface area contributed by atoms with Crippen molar-refractivity contribution in [3.63, 3.8) is 0 Å². The van der Waals surface area contributed by atoms with Gasteiger partial charge in [0.1, 0.15) is 58.2 Å². The molecule has 0 bridgehead atoms. The zero-order chi connectivity index (χ0) is 34.7. The molecule has 2 aliphatic rings. The van der Waals surface area contributed by atoms with Gasteiger partial charge in [-0.15, -0.1) is 0 Å². The fraction of sp³-hybridized carbons (Fsp3) is 0.0625. The molecule has 0 N–H and O–H groups in total. The van der Waals surface area contributed by atoms with Crippen LogP contribution in [0.5, 0.6) is 0 Å². The zero-order valence-electron chi connectivity index (χ0n) is 23.6. The standard InChI is InChI=1S/C32H6F8N8/c1-7-25-28(48-32-16-13(17(33)21(37)24(40)20(16)36)11(29(32)45-25)9(3-41)4-42)8(2)26-27(7)47-31-15-14(18(34)22(38)23(39)19(15)35)12(30(31)46-26)10(5-43)6-44/h1-2H3. The molecule has 48 heavy (non-hydrogen) atoms. The molecule has 3 aromatic carbocycles. The van der Waals surface area contributed by atoms with E-state index in [1.165, 1.54) is 38.1 Å². The van der Waals surface area contributed by atoms with E-state index in [1.807, 2.05) is 0 Å². The number of nitrogens with zero attached hydrogens (tertiary/aromatic N) is 8. The summed E-state index contributed by atoms with van der Waals surface area (Å²) in [5.41, 5.74) is -9.34. The first-order chi connectivity index (χ1) is 22.8. The number of aromatic nitrogens is 4. The number of fused-ring (bicyclic) bond motifs is 8. The van der Waals surface area contributed by atoms with E-state index in [4.69, 9.17) is 0 Å². The van der Waals surface area contributed by atoms with Crippen LogP contribution < -0.4 is 0 Å². The van der Waals surface area contributed by atoms with E-state index in [2.05, 4.69) is 19.9 Å². The molecule has 0 spiro atoms. The third-order valence-electron chi connectivity index (χ3n) is 8.14. The Bertz CT molecular complexity index is 2500. The molecule has 0 fully saturated rings. The molecular formula is C32H6F8N8. The first kappa shape index (κ1) is 29.9. The number of allylic oxidation sites excluding steroid dienone is 2. The predicted molar refractivity (Wildman–Crippen MR) is 147 cm³/mol. The zero-order valence-corrected chi connectivity index (χ0v) is 23.6. The van der Waals surface area contributed by atoms with E-state index in [0.717, 1.165) is 0 Å². The molecule has 8 nitrogen and oxygen atoms in total. The van der Waals surface area contributed by atoms with Gasteiger partial charge in [-0.1, -0.05) is 0 Å². The number of rotatable bonds is 0. The molecule has 2 aliphatic carbocycles. The average Bonchev–Trinajstić information content (AvgIpc) is 3.60. The highest BCUT2D eigenvalue weighted by Gasteiger charge is 2.41. The second-order valence-electron chi connectivity index (χ2n) is 10.4. The van der Waals surface area contributed by atoms with E-state index in [0.29, 0.717) is 0 Å². The molecule has 230 valence electrons. The number of aryl methyl sites for hydroxylation is 2. The van der Waals surface area contributed by atoms with Crippen LogP contribution in [0.3, 0.4) is 0 Å². The van der Waals surface area contributed by atoms with Gasteiger partial charge < -0.3 is 0 Å². The van der Waals surface area contributed by atoms with E-state index in [1.54, 1.807) is 0 Å². The van der Waals surface area contributed by atoms with Crippen molar-refractivity contribution in [2.24, 2.45) is 0 Å². The normalized spacial score (nSPS) is 12.2. The summed E-state index contributed by atoms with van der Waals surface area (Å²) < 4.78 is 119. The lowest BCUT2D eigenvalue weighted by Crippen LogP contribution is -2.03. The summed E-state index contributed by atoms with van der Waals surface area (Å²) in [5.74, 6) is -16.4. The van der Waals surface area contributed by atoms with Crippen LogP contribution in [0.1, 0.15) is 33.6 Å². The molecule has 2 aromatic heterocycles. The minimum atomic E-state index is -2.21. The van der Waals surface area contributed by atoms with Crippen LogP contribution in [-0.2, 0) is 0 Å². The number of hydrogen-bond donors (Lipinski definition) is 0. The van der Waals surface area contributed by atoms with Gasteiger partial charge in [0.25, 0.3) is 0 Å². The molecule has 2 heterocycles. The third-order valence-corrected chi connectivity index (χ3v) is 8.14. The summed E-state index contributed by atoms with van der Waals surface area (Å²) in [6.45, 7) is 2.75. The summed E-state index contributed by atoms with van der Waals surface area (Å²) in [6, 6.07) is 5.95. The second kappa shape index (κ2) is 9.86. The Morgan fingerprint density at radius 1 is 0.396 bits per heavy atom. The maximum absolute atomic E-state index is 15.3. The van der Waals surface area contributed by atoms with E-state index in [9.17, 15) is 38.6 Å². The lowest BCUT2D eigenvalue weighted by Gasteiger charge is -2.13. The summed E-state index contributed by atoms with van der Waals surface area (Å²) in [6.07, 6.45) is 0. The Morgan fingerprint density at radius 2 is 0.646 bits per heavy atom. The van der Waals surface area contributed by atoms with Crippen molar-refractivity contribution in [1.29, 1.82) is 21.0 Å². The SMILES string of the molecule is Cc1c2nc3c(nc2c(C)c2nc4c(nc12)-c1c(F)c(F)c(F)c(F)c1C4=C(C#N)C#N)-c1c(F)c(F)c(F)c(F)c1C3=C(C#N)C#N. The van der Waals surface area contributed by atoms with Gasteiger partial charge in [-0.2, -0.15) is 21.0 Å². The molecule has 0 saturated heterocycles. The molecule has 0 unspecified atom stereocenters. The Hall–Kier alpha value is -6.78. The topological polar surface area (TPSA) is 147 Å². The van der Waals surface area contributed by atoms with Crippen molar-refractivity contribution < 1.29 is 35.1 Å². The Balaban J connectivity index is 1.66. The third kappa shape index (κ3) is 3.43. The summed E-state index contributed by atoms with van der Waals surface area (Å²) in [4.78, 5) is 17.4. The van der Waals surface area contributed by atoms with Gasteiger partial charge in [0.15, 0.2) is 46.5 Å². The monoisotopic (exact) mass is 654 g/mol. The van der Waals surface area contributed by atoms with Gasteiger partial charge in [0.2, 0.25) is 0 Å². The van der Waals surface area contributed by atoms with Crippen molar-refractivity contribution in [3.8, 4) is 46.8 Å². The maximum atomic E-state index is 15.3. The van der Waals surface area contributed by atoms with Crippen molar-refractivity contribution in [2.75, 3.05) is 0 Å². The minimum Gasteiger partial charge on any atom is -0.243 e. The fourth-order valence-electron chi connectivity index (χ4n) is 6.01. The van der Waals surface area contributed by atoms with Crippen molar-refractivity contribution >= 4 is 33.2 Å². The predicted octanol–water partition coefficient (Wildman–Crippen LogP) is 6.96. The van der Waals surface area contributed by atoms with Gasteiger partial charge in [0, 0.05) is 33.4 Å². The van der Waals surface area contributed by atoms with E-state index < -0.39 is 114 Å². The molecule has 0 aliphatic heterocycles. The smallest absolute Gasteiger partial charge is 0.198 e. The fourth-order valence-corrected chi connectivity index (χ4v) is 6.01. The van der Waals surface area contributed by atoms with Crippen molar-refractivity contribution in [2.45, 2.75) is 13.8 Å². The van der Waals surface area contributed by atoms with Crippen molar-refractivity contribution in [1.82, 2.24) is 19.9 Å². The molecule has 0 amide bonds. The molecular weight excluding hydrogens is 648 g/mol. The number of hydrogen-bond acceptors (Lipinski definition) is 8. The Labute approximate surface area is 261 Å². The summed E-state index contributed by atoms with van der Waals surface area (Å²) in [7, 11) is 0. The molecule has 0 saturated carbocycles. The number of nitriles is 4. The van der Waals surface area contributed by atoms with Crippen LogP contribution in [-0.4, -0.2) is 19.9 Å². The minimum absolute atomic E-state index is 0.0449. The first-order valence-corrected chi connectivity index (χ1v) is 13.2. The summed E-state index contributed by atoms with van der Waals surface area (Å²) in [5, 5.41) is 38.3. The first-order valence-electron chi connectivity index (χ1n) is 13.2. The highest BCUT2D eigenvalue weighted by molar-refractivity contribution is 6.09. The van der Waals surface area contributed by atoms with Gasteiger partial charge in [0.05, 0.1) is 33.2 Å². The quantitative estimate of drug-likeness (QED) is 0.0561. The molecule has 5 aromatic rings. The van der Waals surface area contributed by atoms with E-state index in [-0.39, 0.29) is 33.2 Å². The highest BCUT2D eigenvalue weighted by atomic mass is 19.2. The largest absolute Gasteiger partial charge is 0.243 e. The Kier molecular flexibility index (Phi) is 6.14. The van der Waals surface area contributed by atoms with Crippen LogP contribution in [0.25, 0.3) is 55.7 Å². The summed E-state index contributed by atoms with van der Waals surface area (Å²) >= 11 is 0. The van der Waals surface area contributed by atoms with Crippen LogP contribution in [0.2, 0.25) is 0 Å². The molecule has 0 radical (unpaired) electrons. The highest BCUT2D eigenvalue weighted by Crippen LogP contribution is 2.51. The van der Waals surface area contributed by atoms with Gasteiger partial charge in [-0.25, -0.2) is 55.1 Å². The average molecular weight is 654 g/mol. The maximum Gasteiger partial charge on any atom is 0.198 e. The van der Waals surface area contributed by atoms with Gasteiger partial charge in [-0.05, 0) is 13.8 Å². The number of benzene rings is 3. The van der Waals surface area contributed by atoms with Crippen LogP contribution in [0, 0.1) is 106 Å². The van der Waals surface area contributed by atoms with Crippen LogP contribution in [0.4, 0.5) is 35.1 Å². The number of halogens is 8. The second-order valence-corrected chi connectivity index (χ2v) is 10.4. The molecule has 16 heteroatoms.